The minimum atomic E-state index is -0.0989. The molecule has 2 rings (SSSR count). The van der Waals surface area contributed by atoms with Gasteiger partial charge in [-0.25, -0.2) is 0 Å². The quantitative estimate of drug-likeness (QED) is 0.689. The van der Waals surface area contributed by atoms with Gasteiger partial charge >= 0.3 is 0 Å². The highest BCUT2D eigenvalue weighted by Gasteiger charge is 2.01. The van der Waals surface area contributed by atoms with Crippen molar-refractivity contribution >= 4 is 32.4 Å². The maximum absolute atomic E-state index is 11.3. The summed E-state index contributed by atoms with van der Waals surface area (Å²) in [6.45, 7) is 0. The Balaban J connectivity index is 2.97. The molecule has 0 aliphatic rings. The van der Waals surface area contributed by atoms with Crippen molar-refractivity contribution in [3.05, 3.63) is 39.2 Å². The zero-order chi connectivity index (χ0) is 9.42. The van der Waals surface area contributed by atoms with Crippen LogP contribution in [0.5, 0.6) is 0 Å². The third-order valence-corrected chi connectivity index (χ3v) is 2.58. The lowest BCUT2D eigenvalue weighted by Gasteiger charge is -2.00. The first-order valence-corrected chi connectivity index (χ1v) is 4.54. The average Bonchev–Trinajstić information content (AvgIpc) is 2.09. The number of aromatic amines is 1. The largest absolute Gasteiger partial charge is 0.398 e. The highest BCUT2D eigenvalue weighted by atomic mass is 79.9. The Morgan fingerprint density at radius 2 is 2.15 bits per heavy atom. The number of halogens is 1. The normalized spacial score (nSPS) is 10.5. The molecule has 0 unspecified atom stereocenters. The number of pyridine rings is 1. The molecule has 0 fully saturated rings. The number of hydrogen-bond acceptors (Lipinski definition) is 2. The van der Waals surface area contributed by atoms with Gasteiger partial charge in [0.25, 0.3) is 5.56 Å². The van der Waals surface area contributed by atoms with Crippen molar-refractivity contribution in [3.63, 3.8) is 0 Å². The topological polar surface area (TPSA) is 58.9 Å². The van der Waals surface area contributed by atoms with Crippen molar-refractivity contribution in [2.24, 2.45) is 0 Å². The van der Waals surface area contributed by atoms with Gasteiger partial charge in [-0.3, -0.25) is 4.79 Å². The second-order valence-corrected chi connectivity index (χ2v) is 3.62. The molecule has 1 heterocycles. The van der Waals surface area contributed by atoms with Crippen molar-refractivity contribution in [1.82, 2.24) is 4.98 Å². The van der Waals surface area contributed by atoms with Gasteiger partial charge < -0.3 is 10.7 Å². The Hall–Kier alpha value is -1.29. The summed E-state index contributed by atoms with van der Waals surface area (Å²) in [4.78, 5) is 13.9. The number of nitrogen functional groups attached to an aromatic ring is 1. The molecule has 0 atom stereocenters. The fourth-order valence-corrected chi connectivity index (χ4v) is 1.57. The third-order valence-electron chi connectivity index (χ3n) is 1.89. The van der Waals surface area contributed by atoms with Crippen molar-refractivity contribution < 1.29 is 0 Å². The molecular formula is C9H7BrN2O. The van der Waals surface area contributed by atoms with Crippen LogP contribution in [-0.2, 0) is 0 Å². The van der Waals surface area contributed by atoms with E-state index in [0.717, 1.165) is 9.86 Å². The van der Waals surface area contributed by atoms with Crippen LogP contribution in [0.15, 0.2) is 33.7 Å². The molecule has 1 aromatic heterocycles. The minimum Gasteiger partial charge on any atom is -0.398 e. The summed E-state index contributed by atoms with van der Waals surface area (Å²) in [5, 5.41) is 1.49. The van der Waals surface area contributed by atoms with E-state index in [-0.39, 0.29) is 5.56 Å². The number of aromatic nitrogens is 1. The second-order valence-electron chi connectivity index (χ2n) is 2.77. The van der Waals surface area contributed by atoms with E-state index < -0.39 is 0 Å². The van der Waals surface area contributed by atoms with Gasteiger partial charge in [-0.2, -0.15) is 0 Å². The van der Waals surface area contributed by atoms with Crippen LogP contribution in [0, 0.1) is 0 Å². The molecule has 3 N–H and O–H groups in total. The van der Waals surface area contributed by atoms with E-state index in [1.54, 1.807) is 18.3 Å². The van der Waals surface area contributed by atoms with Crippen molar-refractivity contribution in [2.75, 3.05) is 5.73 Å². The van der Waals surface area contributed by atoms with E-state index in [0.29, 0.717) is 11.1 Å². The molecule has 3 nitrogen and oxygen atoms in total. The summed E-state index contributed by atoms with van der Waals surface area (Å²) < 4.78 is 0.747. The van der Waals surface area contributed by atoms with Crippen molar-refractivity contribution in [1.29, 1.82) is 0 Å². The summed E-state index contributed by atoms with van der Waals surface area (Å²) in [5.74, 6) is 0. The Bertz CT molecular complexity index is 518. The van der Waals surface area contributed by atoms with E-state index >= 15 is 0 Å². The van der Waals surface area contributed by atoms with Crippen LogP contribution >= 0.6 is 15.9 Å². The predicted octanol–water partition coefficient (Wildman–Crippen LogP) is 1.87. The highest BCUT2D eigenvalue weighted by molar-refractivity contribution is 9.10. The average molecular weight is 239 g/mol. The fourth-order valence-electron chi connectivity index (χ4n) is 1.23. The van der Waals surface area contributed by atoms with E-state index in [1.165, 1.54) is 0 Å². The molecular weight excluding hydrogens is 232 g/mol. The Morgan fingerprint density at radius 3 is 2.92 bits per heavy atom. The maximum Gasteiger partial charge on any atom is 0.255 e. The first kappa shape index (κ1) is 8.31. The summed E-state index contributed by atoms with van der Waals surface area (Å²) in [7, 11) is 0. The smallest absolute Gasteiger partial charge is 0.255 e. The zero-order valence-electron chi connectivity index (χ0n) is 6.67. The summed E-state index contributed by atoms with van der Waals surface area (Å²) in [6, 6.07) is 5.32. The first-order chi connectivity index (χ1) is 6.18. The molecule has 4 heteroatoms. The zero-order valence-corrected chi connectivity index (χ0v) is 8.26. The number of fused-ring (bicyclic) bond motifs is 1. The van der Waals surface area contributed by atoms with Gasteiger partial charge in [0.1, 0.15) is 0 Å². The monoisotopic (exact) mass is 238 g/mol. The maximum atomic E-state index is 11.3. The van der Waals surface area contributed by atoms with E-state index in [4.69, 9.17) is 5.73 Å². The van der Waals surface area contributed by atoms with Crippen LogP contribution in [0.1, 0.15) is 0 Å². The molecule has 0 radical (unpaired) electrons. The number of H-pyrrole nitrogens is 1. The van der Waals surface area contributed by atoms with Crippen LogP contribution < -0.4 is 11.3 Å². The highest BCUT2D eigenvalue weighted by Crippen LogP contribution is 2.23. The molecule has 0 spiro atoms. The molecule has 1 aromatic carbocycles. The van der Waals surface area contributed by atoms with E-state index in [9.17, 15) is 4.79 Å². The number of benzene rings is 1. The summed E-state index contributed by atoms with van der Waals surface area (Å²) in [6.07, 6.45) is 1.61. The van der Waals surface area contributed by atoms with Gasteiger partial charge in [0.05, 0.1) is 0 Å². The molecule has 13 heavy (non-hydrogen) atoms. The van der Waals surface area contributed by atoms with Gasteiger partial charge in [-0.05, 0) is 39.5 Å². The summed E-state index contributed by atoms with van der Waals surface area (Å²) in [5.41, 5.74) is 6.22. The molecule has 0 bridgehead atoms. The molecule has 0 aliphatic heterocycles. The molecule has 0 saturated carbocycles. The van der Waals surface area contributed by atoms with Gasteiger partial charge in [0.15, 0.2) is 0 Å². The SMILES string of the molecule is Nc1cc2cc[nH]c(=O)c2cc1Br. The lowest BCUT2D eigenvalue weighted by molar-refractivity contribution is 1.28. The number of anilines is 1. The first-order valence-electron chi connectivity index (χ1n) is 3.75. The Morgan fingerprint density at radius 1 is 1.38 bits per heavy atom. The lowest BCUT2D eigenvalue weighted by Crippen LogP contribution is -2.04. The number of rotatable bonds is 0. The molecule has 0 saturated heterocycles. The standard InChI is InChI=1S/C9H7BrN2O/c10-7-4-6-5(3-8(7)11)1-2-12-9(6)13/h1-4H,11H2,(H,12,13). The number of nitrogens with one attached hydrogen (secondary N) is 1. The number of hydrogen-bond donors (Lipinski definition) is 2. The van der Waals surface area contributed by atoms with Crippen molar-refractivity contribution in [3.8, 4) is 0 Å². The molecule has 2 aromatic rings. The van der Waals surface area contributed by atoms with Crippen molar-refractivity contribution in [2.45, 2.75) is 0 Å². The Labute approximate surface area is 82.7 Å². The molecule has 0 aliphatic carbocycles. The van der Waals surface area contributed by atoms with Gasteiger partial charge in [0, 0.05) is 21.7 Å². The van der Waals surface area contributed by atoms with Gasteiger partial charge in [0.2, 0.25) is 0 Å². The summed E-state index contributed by atoms with van der Waals surface area (Å²) >= 11 is 3.27. The molecule has 0 amide bonds. The number of nitrogens with two attached hydrogens (primary N) is 1. The van der Waals surface area contributed by atoms with Crippen LogP contribution in [0.25, 0.3) is 10.8 Å². The van der Waals surface area contributed by atoms with Crippen LogP contribution in [0.2, 0.25) is 0 Å². The molecule has 66 valence electrons. The fraction of sp³-hybridized carbons (Fsp3) is 0. The minimum absolute atomic E-state index is 0.0989. The van der Waals surface area contributed by atoms with Crippen LogP contribution in [0.4, 0.5) is 5.69 Å². The van der Waals surface area contributed by atoms with E-state index in [2.05, 4.69) is 20.9 Å². The van der Waals surface area contributed by atoms with Gasteiger partial charge in [-0.1, -0.05) is 0 Å². The third kappa shape index (κ3) is 1.33. The Kier molecular flexibility index (Phi) is 1.84. The van der Waals surface area contributed by atoms with Gasteiger partial charge in [-0.15, -0.1) is 0 Å². The predicted molar refractivity (Wildman–Crippen MR) is 56.7 cm³/mol. The second kappa shape index (κ2) is 2.88. The lowest BCUT2D eigenvalue weighted by atomic mass is 10.1. The van der Waals surface area contributed by atoms with Crippen LogP contribution in [0.3, 0.4) is 0 Å². The van der Waals surface area contributed by atoms with Crippen LogP contribution in [-0.4, -0.2) is 4.98 Å². The van der Waals surface area contributed by atoms with E-state index in [1.807, 2.05) is 6.07 Å².